The number of rotatable bonds is 75. The van der Waals surface area contributed by atoms with E-state index in [1.807, 2.05) is 0 Å². The van der Waals surface area contributed by atoms with Gasteiger partial charge in [0.25, 0.3) is 0 Å². The molecule has 0 heterocycles. The first-order chi connectivity index (χ1) is 46.6. The van der Waals surface area contributed by atoms with Crippen molar-refractivity contribution in [3.63, 3.8) is 0 Å². The van der Waals surface area contributed by atoms with Crippen LogP contribution in [0.5, 0.6) is 0 Å². The molecule has 0 saturated carbocycles. The molecule has 96 heavy (non-hydrogen) atoms. The summed E-state index contributed by atoms with van der Waals surface area (Å²) in [6.45, 7) is 7.21. The Bertz CT molecular complexity index is 1940. The van der Waals surface area contributed by atoms with Crippen LogP contribution >= 0.6 is 15.6 Å². The molecular weight excluding hydrogens is 1260 g/mol. The van der Waals surface area contributed by atoms with E-state index in [0.717, 1.165) is 115 Å². The third-order valence-corrected chi connectivity index (χ3v) is 19.7. The molecule has 3 unspecified atom stereocenters. The highest BCUT2D eigenvalue weighted by molar-refractivity contribution is 7.47. The summed E-state index contributed by atoms with van der Waals surface area (Å²) in [5.74, 6) is -1.38. The van der Waals surface area contributed by atoms with E-state index in [4.69, 9.17) is 37.0 Å². The topological polar surface area (TPSA) is 237 Å². The fraction of sp³-hybridized carbons (Fsp3) is 0.896. The molecule has 0 aliphatic carbocycles. The number of phosphoric acid groups is 2. The van der Waals surface area contributed by atoms with Crippen molar-refractivity contribution in [1.82, 2.24) is 0 Å². The Morgan fingerprint density at radius 1 is 0.333 bits per heavy atom. The Morgan fingerprint density at radius 3 is 0.885 bits per heavy atom. The molecule has 0 aromatic carbocycles. The standard InChI is InChI=1S/C77H146O17P2/c1-6-10-13-16-19-22-24-26-28-29-30-31-32-34-36-38-41-47-52-57-62-76(81)93-72(67-88-75(80)61-56-51-46-40-37-35-33-27-25-23-20-17-14-11-7-2)68-91-95(83,84)89-64-71(78)65-90-96(85,86)92-69-73(66-87-74(79)60-55-50-45-39-21-18-15-12-8-3)94-77(82)63-58-53-48-43-42-44-49-54-59-70(5)9-4/h23,25,27,33,70-73,78H,6-22,24,26,28-32,34-69H2,1-5H3,(H,83,84)(H,85,86)/b25-23-,33-27-/t70?,71-,72-,73-/m1/s1. The van der Waals surface area contributed by atoms with E-state index in [2.05, 4.69) is 58.9 Å². The van der Waals surface area contributed by atoms with E-state index in [-0.39, 0.29) is 25.7 Å². The van der Waals surface area contributed by atoms with Crippen LogP contribution < -0.4 is 0 Å². The molecule has 17 nitrogen and oxygen atoms in total. The molecule has 3 N–H and O–H groups in total. The zero-order valence-electron chi connectivity index (χ0n) is 62.0. The van der Waals surface area contributed by atoms with Crippen LogP contribution in [0.4, 0.5) is 0 Å². The zero-order valence-corrected chi connectivity index (χ0v) is 63.8. The Balaban J connectivity index is 5.24. The van der Waals surface area contributed by atoms with E-state index in [0.29, 0.717) is 25.7 Å². The number of hydrogen-bond acceptors (Lipinski definition) is 15. The Labute approximate surface area is 586 Å². The second kappa shape index (κ2) is 69.6. The molecule has 0 aromatic rings. The first-order valence-corrected chi connectivity index (χ1v) is 42.5. The minimum atomic E-state index is -4.96. The number of hydrogen-bond donors (Lipinski definition) is 3. The first kappa shape index (κ1) is 93.5. The van der Waals surface area contributed by atoms with Gasteiger partial charge < -0.3 is 33.8 Å². The van der Waals surface area contributed by atoms with Gasteiger partial charge in [-0.15, -0.1) is 0 Å². The van der Waals surface area contributed by atoms with Crippen molar-refractivity contribution in [2.24, 2.45) is 5.92 Å². The second-order valence-corrected chi connectivity index (χ2v) is 30.2. The maximum absolute atomic E-state index is 13.1. The molecule has 566 valence electrons. The fourth-order valence-corrected chi connectivity index (χ4v) is 12.9. The number of aliphatic hydroxyl groups excluding tert-OH is 1. The van der Waals surface area contributed by atoms with Crippen LogP contribution in [0, 0.1) is 5.92 Å². The van der Waals surface area contributed by atoms with Gasteiger partial charge >= 0.3 is 39.5 Å². The molecule has 0 aliphatic rings. The van der Waals surface area contributed by atoms with Gasteiger partial charge in [-0.2, -0.15) is 0 Å². The average Bonchev–Trinajstić information content (AvgIpc) is 1.57. The monoisotopic (exact) mass is 1410 g/mol. The van der Waals surface area contributed by atoms with Crippen LogP contribution in [0.1, 0.15) is 381 Å². The minimum Gasteiger partial charge on any atom is -0.462 e. The van der Waals surface area contributed by atoms with Crippen molar-refractivity contribution in [2.75, 3.05) is 39.6 Å². The van der Waals surface area contributed by atoms with Gasteiger partial charge in [-0.25, -0.2) is 9.13 Å². The summed E-state index contributed by atoms with van der Waals surface area (Å²) >= 11 is 0. The van der Waals surface area contributed by atoms with Gasteiger partial charge in [-0.3, -0.25) is 37.3 Å². The van der Waals surface area contributed by atoms with E-state index < -0.39 is 97.5 Å². The van der Waals surface area contributed by atoms with E-state index in [9.17, 15) is 43.2 Å². The first-order valence-electron chi connectivity index (χ1n) is 39.5. The molecule has 0 bridgehead atoms. The average molecular weight is 1410 g/mol. The van der Waals surface area contributed by atoms with Crippen LogP contribution in [0.15, 0.2) is 24.3 Å². The number of ether oxygens (including phenoxy) is 4. The third-order valence-electron chi connectivity index (χ3n) is 17.8. The molecule has 0 saturated heterocycles. The number of carbonyl (C=O) groups is 4. The van der Waals surface area contributed by atoms with Crippen molar-refractivity contribution in [3.05, 3.63) is 24.3 Å². The molecule has 0 spiro atoms. The number of unbranched alkanes of at least 4 members (excludes halogenated alkanes) is 43. The largest absolute Gasteiger partial charge is 0.472 e. The van der Waals surface area contributed by atoms with Crippen molar-refractivity contribution >= 4 is 39.5 Å². The second-order valence-electron chi connectivity index (χ2n) is 27.3. The summed E-state index contributed by atoms with van der Waals surface area (Å²) in [5, 5.41) is 10.6. The number of carbonyl (C=O) groups excluding carboxylic acids is 4. The van der Waals surface area contributed by atoms with Gasteiger partial charge in [0.15, 0.2) is 12.2 Å². The minimum absolute atomic E-state index is 0.102. The SMILES string of the molecule is CCCCCC/C=C\C=C/CCCCCCCC(=O)OC[C@H](COP(=O)(O)OC[C@@H](O)COP(=O)(O)OC[C@@H](COC(=O)CCCCCCCCCCC)OC(=O)CCCCCCCCCCC(C)CC)OC(=O)CCCCCCCCCCCCCCCCCCCCCC. The summed E-state index contributed by atoms with van der Waals surface area (Å²) in [6.07, 6.45) is 61.9. The van der Waals surface area contributed by atoms with Crippen molar-refractivity contribution in [1.29, 1.82) is 0 Å². The van der Waals surface area contributed by atoms with Gasteiger partial charge in [0.2, 0.25) is 0 Å². The highest BCUT2D eigenvalue weighted by atomic mass is 31.2. The van der Waals surface area contributed by atoms with Gasteiger partial charge in [0.05, 0.1) is 26.4 Å². The van der Waals surface area contributed by atoms with E-state index >= 15 is 0 Å². The predicted molar refractivity (Wildman–Crippen MR) is 391 cm³/mol. The van der Waals surface area contributed by atoms with Crippen LogP contribution in [-0.4, -0.2) is 96.7 Å². The molecule has 19 heteroatoms. The smallest absolute Gasteiger partial charge is 0.462 e. The maximum atomic E-state index is 13.1. The van der Waals surface area contributed by atoms with Gasteiger partial charge in [0.1, 0.15) is 19.3 Å². The number of allylic oxidation sites excluding steroid dienone is 4. The Kier molecular flexibility index (Phi) is 67.8. The lowest BCUT2D eigenvalue weighted by Gasteiger charge is -2.21. The number of phosphoric ester groups is 2. The summed E-state index contributed by atoms with van der Waals surface area (Å²) in [7, 11) is -9.92. The number of esters is 4. The van der Waals surface area contributed by atoms with Gasteiger partial charge in [-0.05, 0) is 57.3 Å². The normalized spacial score (nSPS) is 14.4. The van der Waals surface area contributed by atoms with Crippen LogP contribution in [0.25, 0.3) is 0 Å². The molecule has 0 aromatic heterocycles. The zero-order chi connectivity index (χ0) is 70.5. The Hall–Kier alpha value is -2.46. The summed E-state index contributed by atoms with van der Waals surface area (Å²) in [6, 6.07) is 0. The Morgan fingerprint density at radius 2 is 0.583 bits per heavy atom. The van der Waals surface area contributed by atoms with Crippen molar-refractivity contribution in [3.8, 4) is 0 Å². The van der Waals surface area contributed by atoms with E-state index in [1.165, 1.54) is 186 Å². The molecular formula is C77H146O17P2. The number of aliphatic hydroxyl groups is 1. The van der Waals surface area contributed by atoms with Crippen molar-refractivity contribution in [2.45, 2.75) is 400 Å². The van der Waals surface area contributed by atoms with Crippen LogP contribution in [-0.2, 0) is 65.4 Å². The summed E-state index contributed by atoms with van der Waals surface area (Å²) in [4.78, 5) is 72.8. The maximum Gasteiger partial charge on any atom is 0.472 e. The lowest BCUT2D eigenvalue weighted by atomic mass is 9.99. The van der Waals surface area contributed by atoms with Crippen LogP contribution in [0.2, 0.25) is 0 Å². The summed E-state index contributed by atoms with van der Waals surface area (Å²) in [5.41, 5.74) is 0. The molecule has 0 radical (unpaired) electrons. The molecule has 0 amide bonds. The highest BCUT2D eigenvalue weighted by Crippen LogP contribution is 2.45. The molecule has 0 rings (SSSR count). The lowest BCUT2D eigenvalue weighted by Crippen LogP contribution is -2.30. The van der Waals surface area contributed by atoms with Crippen molar-refractivity contribution < 1.29 is 80.2 Å². The van der Waals surface area contributed by atoms with Gasteiger partial charge in [0, 0.05) is 25.7 Å². The lowest BCUT2D eigenvalue weighted by molar-refractivity contribution is -0.161. The van der Waals surface area contributed by atoms with Crippen LogP contribution in [0.3, 0.4) is 0 Å². The fourth-order valence-electron chi connectivity index (χ4n) is 11.3. The van der Waals surface area contributed by atoms with E-state index in [1.54, 1.807) is 0 Å². The predicted octanol–water partition coefficient (Wildman–Crippen LogP) is 22.4. The third kappa shape index (κ3) is 68.7. The van der Waals surface area contributed by atoms with Gasteiger partial charge in [-0.1, -0.05) is 329 Å². The molecule has 0 aliphatic heterocycles. The molecule has 0 fully saturated rings. The summed E-state index contributed by atoms with van der Waals surface area (Å²) < 4.78 is 68.5. The molecule has 6 atom stereocenters. The quantitative estimate of drug-likeness (QED) is 0.0169. The highest BCUT2D eigenvalue weighted by Gasteiger charge is 2.30.